The minimum absolute atomic E-state index is 0.139. The fourth-order valence-electron chi connectivity index (χ4n) is 4.43. The van der Waals surface area contributed by atoms with Gasteiger partial charge in [0.1, 0.15) is 0 Å². The highest BCUT2D eigenvalue weighted by Gasteiger charge is 2.17. The smallest absolute Gasteiger partial charge is 0.274 e. The van der Waals surface area contributed by atoms with Crippen molar-refractivity contribution in [2.24, 2.45) is 0 Å². The number of likely N-dealkylation sites (N-methyl/N-ethyl adjacent to an activating group) is 1. The Balaban J connectivity index is 1.47. The highest BCUT2D eigenvalue weighted by atomic mass is 16.2. The summed E-state index contributed by atoms with van der Waals surface area (Å²) in [6.07, 6.45) is 2.94. The van der Waals surface area contributed by atoms with E-state index in [9.17, 15) is 9.59 Å². The Morgan fingerprint density at radius 2 is 1.71 bits per heavy atom. The lowest BCUT2D eigenvalue weighted by Gasteiger charge is -2.32. The van der Waals surface area contributed by atoms with Crippen LogP contribution in [0.1, 0.15) is 47.8 Å². The molecule has 0 bridgehead atoms. The van der Waals surface area contributed by atoms with Gasteiger partial charge in [-0.15, -0.1) is 0 Å². The topological polar surface area (TPSA) is 70.5 Å². The van der Waals surface area contributed by atoms with E-state index < -0.39 is 0 Å². The van der Waals surface area contributed by atoms with Crippen molar-refractivity contribution in [1.82, 2.24) is 24.9 Å². The molecule has 0 radical (unpaired) electrons. The summed E-state index contributed by atoms with van der Waals surface area (Å²) in [7, 11) is 2.16. The van der Waals surface area contributed by atoms with Crippen LogP contribution in [-0.2, 0) is 19.6 Å². The predicted octanol–water partition coefficient (Wildman–Crippen LogP) is 3.26. The third-order valence-electron chi connectivity index (χ3n) is 6.50. The maximum absolute atomic E-state index is 13.2. The molecule has 1 N–H and O–H groups in total. The van der Waals surface area contributed by atoms with Gasteiger partial charge in [0.15, 0.2) is 5.69 Å². The zero-order valence-electron chi connectivity index (χ0n) is 20.3. The van der Waals surface area contributed by atoms with E-state index in [1.54, 1.807) is 12.1 Å². The minimum atomic E-state index is -0.259. The Kier molecular flexibility index (Phi) is 8.08. The summed E-state index contributed by atoms with van der Waals surface area (Å²) >= 11 is 0. The molecule has 0 aliphatic carbocycles. The van der Waals surface area contributed by atoms with E-state index in [1.807, 2.05) is 18.2 Å². The monoisotopic (exact) mass is 461 g/mol. The Morgan fingerprint density at radius 1 is 0.971 bits per heavy atom. The molecule has 1 aliphatic heterocycles. The van der Waals surface area contributed by atoms with Crippen molar-refractivity contribution in [3.63, 3.8) is 0 Å². The number of benzene rings is 2. The van der Waals surface area contributed by atoms with Gasteiger partial charge in [0.2, 0.25) is 0 Å². The molecule has 1 fully saturated rings. The van der Waals surface area contributed by atoms with Gasteiger partial charge in [-0.3, -0.25) is 14.5 Å². The molecule has 2 heterocycles. The number of unbranched alkanes of at least 4 members (excludes halogenated alkanes) is 2. The Hall–Kier alpha value is -3.03. The van der Waals surface area contributed by atoms with E-state index in [1.165, 1.54) is 10.2 Å². The van der Waals surface area contributed by atoms with Crippen LogP contribution in [0.5, 0.6) is 0 Å². The van der Waals surface area contributed by atoms with Crippen LogP contribution in [0, 0.1) is 0 Å². The first-order chi connectivity index (χ1) is 16.5. The fourth-order valence-corrected chi connectivity index (χ4v) is 4.43. The largest absolute Gasteiger partial charge is 0.347 e. The van der Waals surface area contributed by atoms with Crippen LogP contribution in [0.25, 0.3) is 10.8 Å². The molecule has 7 nitrogen and oxygen atoms in total. The Labute approximate surface area is 201 Å². The van der Waals surface area contributed by atoms with Crippen molar-refractivity contribution in [3.05, 3.63) is 75.7 Å². The van der Waals surface area contributed by atoms with E-state index in [4.69, 9.17) is 0 Å². The van der Waals surface area contributed by atoms with Crippen LogP contribution in [-0.4, -0.2) is 58.7 Å². The number of hydrogen-bond acceptors (Lipinski definition) is 5. The Bertz CT molecular complexity index is 1180. The third kappa shape index (κ3) is 5.90. The van der Waals surface area contributed by atoms with Crippen LogP contribution in [0.4, 0.5) is 0 Å². The molecule has 0 spiro atoms. The van der Waals surface area contributed by atoms with Gasteiger partial charge in [0.05, 0.1) is 5.39 Å². The molecule has 7 heteroatoms. The van der Waals surface area contributed by atoms with Gasteiger partial charge in [0.25, 0.3) is 11.5 Å². The van der Waals surface area contributed by atoms with E-state index in [0.717, 1.165) is 57.5 Å². The third-order valence-corrected chi connectivity index (χ3v) is 6.50. The Morgan fingerprint density at radius 3 is 2.47 bits per heavy atom. The van der Waals surface area contributed by atoms with Crippen molar-refractivity contribution in [1.29, 1.82) is 0 Å². The van der Waals surface area contributed by atoms with Gasteiger partial charge >= 0.3 is 0 Å². The summed E-state index contributed by atoms with van der Waals surface area (Å²) in [6.45, 7) is 8.32. The molecule has 1 aliphatic rings. The number of rotatable bonds is 9. The molecular weight excluding hydrogens is 426 g/mol. The van der Waals surface area contributed by atoms with E-state index in [-0.39, 0.29) is 11.5 Å². The average molecular weight is 462 g/mol. The van der Waals surface area contributed by atoms with Gasteiger partial charge < -0.3 is 10.2 Å². The number of hydrogen-bond donors (Lipinski definition) is 1. The zero-order chi connectivity index (χ0) is 23.9. The first-order valence-corrected chi connectivity index (χ1v) is 12.3. The van der Waals surface area contributed by atoms with Gasteiger partial charge in [-0.2, -0.15) is 5.10 Å². The number of amides is 1. The van der Waals surface area contributed by atoms with E-state index >= 15 is 0 Å². The molecule has 1 amide bonds. The van der Waals surface area contributed by atoms with Gasteiger partial charge in [0, 0.05) is 51.2 Å². The first-order valence-electron chi connectivity index (χ1n) is 12.3. The molecule has 34 heavy (non-hydrogen) atoms. The molecule has 0 saturated carbocycles. The van der Waals surface area contributed by atoms with Crippen molar-refractivity contribution in [3.8, 4) is 0 Å². The normalized spacial score (nSPS) is 15.0. The molecule has 0 unspecified atom stereocenters. The number of carbonyl (C=O) groups excluding carboxylic acids is 1. The van der Waals surface area contributed by atoms with Gasteiger partial charge in [-0.05, 0) is 30.7 Å². The van der Waals surface area contributed by atoms with E-state index in [0.29, 0.717) is 29.6 Å². The summed E-state index contributed by atoms with van der Waals surface area (Å²) in [6, 6.07) is 15.6. The highest BCUT2D eigenvalue weighted by molar-refractivity contribution is 6.04. The molecule has 4 rings (SSSR count). The summed E-state index contributed by atoms with van der Waals surface area (Å²) in [5.41, 5.74) is 2.48. The molecule has 1 saturated heterocycles. The zero-order valence-corrected chi connectivity index (χ0v) is 20.3. The van der Waals surface area contributed by atoms with Crippen molar-refractivity contribution in [2.75, 3.05) is 33.2 Å². The molecular formula is C27H35N5O2. The molecule has 1 aromatic heterocycles. The van der Waals surface area contributed by atoms with E-state index in [2.05, 4.69) is 52.4 Å². The molecule has 2 aromatic carbocycles. The number of aryl methyl sites for hydroxylation is 1. The average Bonchev–Trinajstić information content (AvgIpc) is 2.86. The van der Waals surface area contributed by atoms with Gasteiger partial charge in [-0.25, -0.2) is 4.68 Å². The first kappa shape index (κ1) is 24.1. The quantitative estimate of drug-likeness (QED) is 0.496. The molecule has 3 aromatic rings. The lowest BCUT2D eigenvalue weighted by Crippen LogP contribution is -2.43. The predicted molar refractivity (Wildman–Crippen MR) is 136 cm³/mol. The molecule has 0 atom stereocenters. The number of nitrogens with one attached hydrogen (secondary N) is 1. The highest BCUT2D eigenvalue weighted by Crippen LogP contribution is 2.15. The lowest BCUT2D eigenvalue weighted by atomic mass is 10.1. The fraction of sp³-hybridized carbons (Fsp3) is 0.444. The SMILES string of the molecule is CCCCCn1nc(C(=O)NCc2cccc(CN3CCN(C)CC3)c2)c2ccccc2c1=O. The van der Waals surface area contributed by atoms with Crippen molar-refractivity contribution in [2.45, 2.75) is 45.8 Å². The van der Waals surface area contributed by atoms with Crippen LogP contribution in [0.15, 0.2) is 53.3 Å². The van der Waals surface area contributed by atoms with Crippen LogP contribution >= 0.6 is 0 Å². The van der Waals surface area contributed by atoms with Crippen molar-refractivity contribution >= 4 is 16.7 Å². The van der Waals surface area contributed by atoms with Crippen LogP contribution in [0.3, 0.4) is 0 Å². The number of fused-ring (bicyclic) bond motifs is 1. The maximum Gasteiger partial charge on any atom is 0.274 e. The lowest BCUT2D eigenvalue weighted by molar-refractivity contribution is 0.0945. The van der Waals surface area contributed by atoms with Crippen LogP contribution < -0.4 is 10.9 Å². The number of piperazine rings is 1. The summed E-state index contributed by atoms with van der Waals surface area (Å²) in [5.74, 6) is -0.259. The minimum Gasteiger partial charge on any atom is -0.347 e. The summed E-state index contributed by atoms with van der Waals surface area (Å²) < 4.78 is 1.45. The van der Waals surface area contributed by atoms with Crippen molar-refractivity contribution < 1.29 is 4.79 Å². The number of nitrogens with zero attached hydrogens (tertiary/aromatic N) is 4. The second kappa shape index (κ2) is 11.4. The maximum atomic E-state index is 13.2. The summed E-state index contributed by atoms with van der Waals surface area (Å²) in [5, 5.41) is 8.62. The second-order valence-electron chi connectivity index (χ2n) is 9.21. The molecule has 180 valence electrons. The van der Waals surface area contributed by atoms with Crippen LogP contribution in [0.2, 0.25) is 0 Å². The van der Waals surface area contributed by atoms with Gasteiger partial charge in [-0.1, -0.05) is 62.2 Å². The standard InChI is InChI=1S/C27H35N5O2/c1-3-4-7-13-32-27(34)24-12-6-5-11-23(24)25(29-32)26(33)28-19-21-9-8-10-22(18-21)20-31-16-14-30(2)15-17-31/h5-6,8-12,18H,3-4,7,13-17,19-20H2,1-2H3,(H,28,33). The second-order valence-corrected chi connectivity index (χ2v) is 9.21. The number of aromatic nitrogens is 2. The summed E-state index contributed by atoms with van der Waals surface area (Å²) in [4.78, 5) is 30.8. The number of carbonyl (C=O) groups is 1.